The molecule has 2 rings (SSSR count). The topological polar surface area (TPSA) is 49.4 Å². The summed E-state index contributed by atoms with van der Waals surface area (Å²) in [5.41, 5.74) is 0. The van der Waals surface area contributed by atoms with E-state index in [4.69, 9.17) is 0 Å². The minimum atomic E-state index is -3.34. The molecule has 1 aliphatic rings. The monoisotopic (exact) mass is 302 g/mol. The van der Waals surface area contributed by atoms with Crippen molar-refractivity contribution in [2.24, 2.45) is 0 Å². The molecule has 4 nitrogen and oxygen atoms in total. The first kappa shape index (κ1) is 15.0. The summed E-state index contributed by atoms with van der Waals surface area (Å²) in [6, 6.07) is 2.47. The lowest BCUT2D eigenvalue weighted by molar-refractivity contribution is 0.381. The van der Waals surface area contributed by atoms with E-state index in [1.54, 1.807) is 18.5 Å². The second-order valence-corrected chi connectivity index (χ2v) is 8.18. The Morgan fingerprint density at radius 1 is 1.53 bits per heavy atom. The maximum Gasteiger partial charge on any atom is 0.243 e. The Morgan fingerprint density at radius 2 is 2.21 bits per heavy atom. The van der Waals surface area contributed by atoms with Crippen molar-refractivity contribution in [1.82, 2.24) is 9.62 Å². The van der Waals surface area contributed by atoms with Gasteiger partial charge in [0.1, 0.15) is 0 Å². The van der Waals surface area contributed by atoms with Gasteiger partial charge in [-0.3, -0.25) is 0 Å². The second-order valence-electron chi connectivity index (χ2n) is 5.18. The molecule has 1 heterocycles. The third-order valence-corrected chi connectivity index (χ3v) is 6.70. The van der Waals surface area contributed by atoms with E-state index in [9.17, 15) is 8.42 Å². The summed E-state index contributed by atoms with van der Waals surface area (Å²) < 4.78 is 26.3. The highest BCUT2D eigenvalue weighted by Gasteiger charge is 2.26. The van der Waals surface area contributed by atoms with Gasteiger partial charge >= 0.3 is 0 Å². The molecule has 1 atom stereocenters. The quantitative estimate of drug-likeness (QED) is 0.841. The summed E-state index contributed by atoms with van der Waals surface area (Å²) >= 11 is 1.51. The summed E-state index contributed by atoms with van der Waals surface area (Å²) in [4.78, 5) is 1.51. The second kappa shape index (κ2) is 5.91. The standard InChI is InChI=1S/C13H22N2O2S2/c1-4-10(2)15(3)19(16,17)13-7-12(18-9-13)8-14-11-5-6-11/h7,9-11,14H,4-6,8H2,1-3H3. The van der Waals surface area contributed by atoms with Gasteiger partial charge in [-0.2, -0.15) is 4.31 Å². The van der Waals surface area contributed by atoms with Crippen molar-refractivity contribution in [2.45, 2.75) is 56.6 Å². The zero-order chi connectivity index (χ0) is 14.0. The number of rotatable bonds is 7. The van der Waals surface area contributed by atoms with Gasteiger partial charge in [-0.1, -0.05) is 6.92 Å². The molecule has 0 spiro atoms. The van der Waals surface area contributed by atoms with Crippen molar-refractivity contribution >= 4 is 21.4 Å². The van der Waals surface area contributed by atoms with E-state index in [-0.39, 0.29) is 6.04 Å². The third kappa shape index (κ3) is 3.56. The Labute approximate surface area is 119 Å². The van der Waals surface area contributed by atoms with E-state index < -0.39 is 10.0 Å². The minimum absolute atomic E-state index is 0.0259. The number of thiophene rings is 1. The zero-order valence-electron chi connectivity index (χ0n) is 11.7. The van der Waals surface area contributed by atoms with Gasteiger partial charge in [0.15, 0.2) is 0 Å². The van der Waals surface area contributed by atoms with Gasteiger partial charge in [0.2, 0.25) is 10.0 Å². The molecule has 1 fully saturated rings. The molecular weight excluding hydrogens is 280 g/mol. The average Bonchev–Trinajstić information content (AvgIpc) is 3.10. The van der Waals surface area contributed by atoms with Gasteiger partial charge in [0.05, 0.1) is 4.90 Å². The molecule has 1 aromatic heterocycles. The summed E-state index contributed by atoms with van der Waals surface area (Å²) in [5, 5.41) is 5.15. The Bertz CT molecular complexity index is 521. The molecule has 1 N–H and O–H groups in total. The van der Waals surface area contributed by atoms with Crippen LogP contribution in [0, 0.1) is 0 Å². The van der Waals surface area contributed by atoms with Gasteiger partial charge in [0, 0.05) is 35.9 Å². The van der Waals surface area contributed by atoms with Gasteiger partial charge in [0.25, 0.3) is 0 Å². The van der Waals surface area contributed by atoms with Crippen LogP contribution in [-0.4, -0.2) is 31.9 Å². The van der Waals surface area contributed by atoms with Crippen LogP contribution in [0.25, 0.3) is 0 Å². The van der Waals surface area contributed by atoms with Crippen LogP contribution in [0.1, 0.15) is 38.0 Å². The number of hydrogen-bond acceptors (Lipinski definition) is 4. The van der Waals surface area contributed by atoms with E-state index in [2.05, 4.69) is 5.32 Å². The van der Waals surface area contributed by atoms with Crippen molar-refractivity contribution in [1.29, 1.82) is 0 Å². The molecule has 0 bridgehead atoms. The maximum atomic E-state index is 12.4. The maximum absolute atomic E-state index is 12.4. The van der Waals surface area contributed by atoms with E-state index in [1.165, 1.54) is 28.5 Å². The fourth-order valence-corrected chi connectivity index (χ4v) is 4.43. The molecule has 0 radical (unpaired) electrons. The molecule has 1 aromatic rings. The molecular formula is C13H22N2O2S2. The number of sulfonamides is 1. The van der Waals surface area contributed by atoms with Crippen LogP contribution in [0.15, 0.2) is 16.3 Å². The molecule has 1 unspecified atom stereocenters. The largest absolute Gasteiger partial charge is 0.309 e. The van der Waals surface area contributed by atoms with Crippen molar-refractivity contribution in [3.05, 3.63) is 16.3 Å². The van der Waals surface area contributed by atoms with Crippen LogP contribution in [0.3, 0.4) is 0 Å². The fraction of sp³-hybridized carbons (Fsp3) is 0.692. The summed E-state index contributed by atoms with van der Waals surface area (Å²) in [5.74, 6) is 0. The first-order valence-corrected chi connectivity index (χ1v) is 9.06. The number of nitrogens with one attached hydrogen (secondary N) is 1. The smallest absolute Gasteiger partial charge is 0.243 e. The van der Waals surface area contributed by atoms with E-state index >= 15 is 0 Å². The normalized spacial score (nSPS) is 17.9. The lowest BCUT2D eigenvalue weighted by Gasteiger charge is -2.22. The molecule has 108 valence electrons. The first-order chi connectivity index (χ1) is 8.95. The molecule has 0 aromatic carbocycles. The average molecular weight is 302 g/mol. The van der Waals surface area contributed by atoms with Gasteiger partial charge in [-0.25, -0.2) is 8.42 Å². The fourth-order valence-electron chi connectivity index (χ4n) is 1.78. The number of nitrogens with zero attached hydrogens (tertiary/aromatic N) is 1. The summed E-state index contributed by atoms with van der Waals surface area (Å²) in [6.45, 7) is 4.70. The van der Waals surface area contributed by atoms with Crippen LogP contribution in [0.5, 0.6) is 0 Å². The Morgan fingerprint density at radius 3 is 2.79 bits per heavy atom. The molecule has 0 aliphatic heterocycles. The van der Waals surface area contributed by atoms with Crippen LogP contribution in [0.2, 0.25) is 0 Å². The highest BCUT2D eigenvalue weighted by atomic mass is 32.2. The summed E-state index contributed by atoms with van der Waals surface area (Å²) in [7, 11) is -1.68. The minimum Gasteiger partial charge on any atom is -0.309 e. The Kier molecular flexibility index (Phi) is 4.66. The van der Waals surface area contributed by atoms with E-state index in [0.717, 1.165) is 17.8 Å². The third-order valence-electron chi connectivity index (χ3n) is 3.66. The molecule has 19 heavy (non-hydrogen) atoms. The van der Waals surface area contributed by atoms with Crippen molar-refractivity contribution in [2.75, 3.05) is 7.05 Å². The Balaban J connectivity index is 2.07. The van der Waals surface area contributed by atoms with E-state index in [1.807, 2.05) is 13.8 Å². The van der Waals surface area contributed by atoms with Crippen LogP contribution >= 0.6 is 11.3 Å². The predicted octanol–water partition coefficient (Wildman–Crippen LogP) is 2.42. The van der Waals surface area contributed by atoms with Crippen molar-refractivity contribution < 1.29 is 8.42 Å². The highest BCUT2D eigenvalue weighted by Crippen LogP contribution is 2.25. The van der Waals surface area contributed by atoms with E-state index in [0.29, 0.717) is 10.9 Å². The van der Waals surface area contributed by atoms with Crippen molar-refractivity contribution in [3.8, 4) is 0 Å². The lowest BCUT2D eigenvalue weighted by atomic mass is 10.3. The molecule has 0 saturated heterocycles. The molecule has 1 aliphatic carbocycles. The number of hydrogen-bond donors (Lipinski definition) is 1. The van der Waals surface area contributed by atoms with Crippen LogP contribution < -0.4 is 5.32 Å². The van der Waals surface area contributed by atoms with Crippen LogP contribution in [-0.2, 0) is 16.6 Å². The van der Waals surface area contributed by atoms with Gasteiger partial charge in [-0.15, -0.1) is 11.3 Å². The van der Waals surface area contributed by atoms with Gasteiger partial charge < -0.3 is 5.32 Å². The molecule has 6 heteroatoms. The zero-order valence-corrected chi connectivity index (χ0v) is 13.4. The molecule has 1 saturated carbocycles. The van der Waals surface area contributed by atoms with Crippen LogP contribution in [0.4, 0.5) is 0 Å². The Hall–Kier alpha value is -0.430. The first-order valence-electron chi connectivity index (χ1n) is 6.74. The predicted molar refractivity (Wildman–Crippen MR) is 78.9 cm³/mol. The highest BCUT2D eigenvalue weighted by molar-refractivity contribution is 7.89. The van der Waals surface area contributed by atoms with Crippen molar-refractivity contribution in [3.63, 3.8) is 0 Å². The lowest BCUT2D eigenvalue weighted by Crippen LogP contribution is -2.34. The summed E-state index contributed by atoms with van der Waals surface area (Å²) in [6.07, 6.45) is 3.30. The SMILES string of the molecule is CCC(C)N(C)S(=O)(=O)c1csc(CNC2CC2)c1. The molecule has 0 amide bonds. The van der Waals surface area contributed by atoms with Gasteiger partial charge in [-0.05, 0) is 32.3 Å².